The van der Waals surface area contributed by atoms with Gasteiger partial charge in [0.15, 0.2) is 0 Å². The zero-order valence-corrected chi connectivity index (χ0v) is 18.3. The molecule has 154 valence electrons. The summed E-state index contributed by atoms with van der Waals surface area (Å²) in [5, 5.41) is 0. The highest BCUT2D eigenvalue weighted by Crippen LogP contribution is 2.68. The molecule has 0 aromatic rings. The van der Waals surface area contributed by atoms with E-state index in [0.29, 0.717) is 28.6 Å². The van der Waals surface area contributed by atoms with Crippen molar-refractivity contribution in [2.45, 2.75) is 104 Å². The Bertz CT molecular complexity index is 573. The van der Waals surface area contributed by atoms with Gasteiger partial charge in [-0.1, -0.05) is 20.8 Å². The highest BCUT2D eigenvalue weighted by atomic mass is 16.1. The molecule has 0 saturated heterocycles. The summed E-state index contributed by atoms with van der Waals surface area (Å²) in [5.74, 6) is 5.66. The van der Waals surface area contributed by atoms with Crippen molar-refractivity contribution in [2.75, 3.05) is 0 Å². The normalized spacial score (nSPS) is 50.4. The summed E-state index contributed by atoms with van der Waals surface area (Å²) in [6, 6.07) is 0.464. The molecule has 4 aliphatic rings. The predicted octanol–water partition coefficient (Wildman–Crippen LogP) is 5.98. The zero-order valence-electron chi connectivity index (χ0n) is 18.3. The van der Waals surface area contributed by atoms with E-state index in [1.807, 2.05) is 0 Å². The van der Waals surface area contributed by atoms with Crippen LogP contribution in [0.25, 0.3) is 0 Å². The molecule has 0 amide bonds. The van der Waals surface area contributed by atoms with Crippen LogP contribution in [0.1, 0.15) is 98.3 Å². The number of rotatable bonds is 4. The van der Waals surface area contributed by atoms with Crippen LogP contribution < -0.4 is 5.73 Å². The van der Waals surface area contributed by atoms with Gasteiger partial charge in [-0.3, -0.25) is 0 Å². The molecule has 4 fully saturated rings. The first-order valence-electron chi connectivity index (χ1n) is 12.0. The second kappa shape index (κ2) is 7.15. The molecule has 27 heavy (non-hydrogen) atoms. The van der Waals surface area contributed by atoms with E-state index in [9.17, 15) is 4.79 Å². The minimum absolute atomic E-state index is 0.368. The van der Waals surface area contributed by atoms with E-state index >= 15 is 0 Å². The molecule has 0 aromatic heterocycles. The van der Waals surface area contributed by atoms with Crippen molar-refractivity contribution in [1.82, 2.24) is 0 Å². The average molecular weight is 374 g/mol. The van der Waals surface area contributed by atoms with E-state index in [1.165, 1.54) is 57.8 Å². The van der Waals surface area contributed by atoms with Gasteiger partial charge in [-0.15, -0.1) is 0 Å². The molecule has 0 aliphatic heterocycles. The van der Waals surface area contributed by atoms with E-state index in [1.54, 1.807) is 6.92 Å². The number of nitrogens with two attached hydrogens (primary N) is 1. The maximum Gasteiger partial charge on any atom is 0.129 e. The number of hydrogen-bond acceptors (Lipinski definition) is 2. The Hall–Kier alpha value is -0.370. The average Bonchev–Trinajstić information content (AvgIpc) is 2.97. The lowest BCUT2D eigenvalue weighted by Gasteiger charge is -2.61. The molecule has 2 N–H and O–H groups in total. The first kappa shape index (κ1) is 19.9. The molecule has 2 nitrogen and oxygen atoms in total. The highest BCUT2D eigenvalue weighted by molar-refractivity contribution is 5.75. The predicted molar refractivity (Wildman–Crippen MR) is 112 cm³/mol. The first-order valence-corrected chi connectivity index (χ1v) is 12.0. The summed E-state index contributed by atoms with van der Waals surface area (Å²) in [6.07, 6.45) is 14.4. The van der Waals surface area contributed by atoms with Gasteiger partial charge >= 0.3 is 0 Å². The lowest BCUT2D eigenvalue weighted by molar-refractivity contribution is -0.119. The largest absolute Gasteiger partial charge is 0.328 e. The zero-order chi connectivity index (χ0) is 19.4. The molecule has 4 rings (SSSR count). The van der Waals surface area contributed by atoms with Gasteiger partial charge in [-0.05, 0) is 117 Å². The van der Waals surface area contributed by atoms with Crippen molar-refractivity contribution in [2.24, 2.45) is 52.1 Å². The Labute approximate surface area is 167 Å². The molecule has 9 atom stereocenters. The number of hydrogen-bond donors (Lipinski definition) is 1. The fourth-order valence-corrected chi connectivity index (χ4v) is 8.90. The maximum absolute atomic E-state index is 11.5. The Morgan fingerprint density at radius 2 is 1.70 bits per heavy atom. The van der Waals surface area contributed by atoms with Gasteiger partial charge < -0.3 is 10.5 Å². The van der Waals surface area contributed by atoms with Crippen molar-refractivity contribution in [3.05, 3.63) is 0 Å². The monoisotopic (exact) mass is 373 g/mol. The molecule has 0 heterocycles. The van der Waals surface area contributed by atoms with Crippen molar-refractivity contribution in [3.63, 3.8) is 0 Å². The molecule has 2 heteroatoms. The third-order valence-electron chi connectivity index (χ3n) is 10.4. The summed E-state index contributed by atoms with van der Waals surface area (Å²) < 4.78 is 0. The highest BCUT2D eigenvalue weighted by Gasteiger charge is 2.60. The van der Waals surface area contributed by atoms with Crippen LogP contribution in [0, 0.1) is 46.3 Å². The standard InChI is InChI=1S/C25H43NO/c1-16(5-6-17(2)27)21-9-10-22-20-8-7-18-15-19(26)11-13-24(18,3)23(20)12-14-25(21,22)4/h16,18-23H,5-15,26H2,1-4H3/t16?,18-,19+,20?,21?,22?,23?,24+,25-/m1/s1. The summed E-state index contributed by atoms with van der Waals surface area (Å²) in [6.45, 7) is 9.48. The smallest absolute Gasteiger partial charge is 0.129 e. The van der Waals surface area contributed by atoms with Crippen molar-refractivity contribution in [3.8, 4) is 0 Å². The SMILES string of the molecule is CC(=O)CCC(C)C1CCC2C3CC[C@@H]4C[C@@H](N)CC[C@]4(C)C3CC[C@]12C. The van der Waals surface area contributed by atoms with Gasteiger partial charge in [0.1, 0.15) is 5.78 Å². The third kappa shape index (κ3) is 3.22. The lowest BCUT2D eigenvalue weighted by Crippen LogP contribution is -2.54. The molecule has 4 saturated carbocycles. The third-order valence-corrected chi connectivity index (χ3v) is 10.4. The summed E-state index contributed by atoms with van der Waals surface area (Å²) >= 11 is 0. The van der Waals surface area contributed by atoms with Crippen LogP contribution >= 0.6 is 0 Å². The number of Topliss-reactive ketones (excluding diaryl/α,β-unsaturated/α-hetero) is 1. The number of ketones is 1. The second-order valence-electron chi connectivity index (χ2n) is 11.6. The van der Waals surface area contributed by atoms with Gasteiger partial charge in [-0.25, -0.2) is 0 Å². The Morgan fingerprint density at radius 1 is 1.00 bits per heavy atom. The molecule has 0 radical (unpaired) electrons. The van der Waals surface area contributed by atoms with E-state index in [0.717, 1.165) is 42.4 Å². The number of fused-ring (bicyclic) bond motifs is 5. The van der Waals surface area contributed by atoms with Gasteiger partial charge in [0, 0.05) is 12.5 Å². The summed E-state index contributed by atoms with van der Waals surface area (Å²) in [4.78, 5) is 11.5. The molecule has 0 spiro atoms. The summed E-state index contributed by atoms with van der Waals surface area (Å²) in [5.41, 5.74) is 7.45. The molecule has 0 aromatic carbocycles. The van der Waals surface area contributed by atoms with Gasteiger partial charge in [0.05, 0.1) is 0 Å². The maximum atomic E-state index is 11.5. The van der Waals surface area contributed by atoms with Gasteiger partial charge in [0.2, 0.25) is 0 Å². The quantitative estimate of drug-likeness (QED) is 0.659. The van der Waals surface area contributed by atoms with Crippen LogP contribution in [0.3, 0.4) is 0 Å². The van der Waals surface area contributed by atoms with Crippen LogP contribution in [0.5, 0.6) is 0 Å². The molecular formula is C25H43NO. The van der Waals surface area contributed by atoms with Gasteiger partial charge in [0.25, 0.3) is 0 Å². The van der Waals surface area contributed by atoms with Crippen LogP contribution in [0.4, 0.5) is 0 Å². The minimum atomic E-state index is 0.368. The Morgan fingerprint density at radius 3 is 2.44 bits per heavy atom. The van der Waals surface area contributed by atoms with E-state index in [-0.39, 0.29) is 0 Å². The second-order valence-corrected chi connectivity index (χ2v) is 11.6. The minimum Gasteiger partial charge on any atom is -0.328 e. The molecule has 4 aliphatic carbocycles. The molecule has 0 bridgehead atoms. The first-order chi connectivity index (χ1) is 12.8. The van der Waals surface area contributed by atoms with E-state index in [4.69, 9.17) is 5.73 Å². The topological polar surface area (TPSA) is 43.1 Å². The fourth-order valence-electron chi connectivity index (χ4n) is 8.90. The molecule has 5 unspecified atom stereocenters. The van der Waals surface area contributed by atoms with E-state index < -0.39 is 0 Å². The summed E-state index contributed by atoms with van der Waals surface area (Å²) in [7, 11) is 0. The lowest BCUT2D eigenvalue weighted by atomic mass is 9.44. The van der Waals surface area contributed by atoms with Crippen LogP contribution in [-0.4, -0.2) is 11.8 Å². The Kier molecular flexibility index (Phi) is 5.28. The Balaban J connectivity index is 1.51. The number of carbonyl (C=O) groups is 1. The van der Waals surface area contributed by atoms with Crippen molar-refractivity contribution in [1.29, 1.82) is 0 Å². The van der Waals surface area contributed by atoms with E-state index in [2.05, 4.69) is 20.8 Å². The molecular weight excluding hydrogens is 330 g/mol. The van der Waals surface area contributed by atoms with Crippen molar-refractivity contribution >= 4 is 5.78 Å². The van der Waals surface area contributed by atoms with Crippen molar-refractivity contribution < 1.29 is 4.79 Å². The van der Waals surface area contributed by atoms with Crippen LogP contribution in [-0.2, 0) is 4.79 Å². The fraction of sp³-hybridized carbons (Fsp3) is 0.960. The number of carbonyl (C=O) groups excluding carboxylic acids is 1. The van der Waals surface area contributed by atoms with Crippen LogP contribution in [0.2, 0.25) is 0 Å². The van der Waals surface area contributed by atoms with Crippen LogP contribution in [0.15, 0.2) is 0 Å². The van der Waals surface area contributed by atoms with Gasteiger partial charge in [-0.2, -0.15) is 0 Å².